The molecule has 24 heavy (non-hydrogen) atoms. The molecule has 0 atom stereocenters. The Balaban J connectivity index is 0.000000167. The van der Waals surface area contributed by atoms with Crippen molar-refractivity contribution in [3.8, 4) is 0 Å². The van der Waals surface area contributed by atoms with E-state index in [1.54, 1.807) is 4.52 Å². The predicted molar refractivity (Wildman–Crippen MR) is 96.4 cm³/mol. The van der Waals surface area contributed by atoms with Crippen molar-refractivity contribution >= 4 is 11.3 Å². The zero-order chi connectivity index (χ0) is 16.6. The highest BCUT2D eigenvalue weighted by Gasteiger charge is 2.04. The number of fused-ring (bicyclic) bond motifs is 2. The molecule has 0 aliphatic rings. The SMILES string of the molecule is C.Cc1ccn2nc(C)c(C)c2n1.Cc1ccn2ncc(C)c2n1. The average Bonchev–Trinajstić information content (AvgIpc) is 3.02. The first-order chi connectivity index (χ1) is 11.0. The van der Waals surface area contributed by atoms with Gasteiger partial charge in [-0.15, -0.1) is 0 Å². The van der Waals surface area contributed by atoms with Crippen LogP contribution in [-0.2, 0) is 0 Å². The third-order valence-electron chi connectivity index (χ3n) is 3.78. The maximum Gasteiger partial charge on any atom is 0.158 e. The Morgan fingerprint density at radius 2 is 1.38 bits per heavy atom. The summed E-state index contributed by atoms with van der Waals surface area (Å²) in [7, 11) is 0. The molecule has 0 radical (unpaired) electrons. The Hall–Kier alpha value is -2.76. The van der Waals surface area contributed by atoms with E-state index < -0.39 is 0 Å². The van der Waals surface area contributed by atoms with Gasteiger partial charge >= 0.3 is 0 Å². The Morgan fingerprint density at radius 1 is 0.792 bits per heavy atom. The van der Waals surface area contributed by atoms with Crippen molar-refractivity contribution in [2.75, 3.05) is 0 Å². The molecule has 0 bridgehead atoms. The van der Waals surface area contributed by atoms with E-state index in [4.69, 9.17) is 0 Å². The fraction of sp³-hybridized carbons (Fsp3) is 0.333. The topological polar surface area (TPSA) is 60.4 Å². The summed E-state index contributed by atoms with van der Waals surface area (Å²) in [5, 5.41) is 8.42. The van der Waals surface area contributed by atoms with Gasteiger partial charge in [0, 0.05) is 34.9 Å². The Labute approximate surface area is 142 Å². The number of aryl methyl sites for hydroxylation is 5. The van der Waals surface area contributed by atoms with Crippen LogP contribution in [0.2, 0.25) is 0 Å². The van der Waals surface area contributed by atoms with Crippen LogP contribution in [0.3, 0.4) is 0 Å². The lowest BCUT2D eigenvalue weighted by atomic mass is 10.3. The van der Waals surface area contributed by atoms with Crippen LogP contribution in [0.4, 0.5) is 0 Å². The van der Waals surface area contributed by atoms with Gasteiger partial charge in [-0.1, -0.05) is 7.43 Å². The largest absolute Gasteiger partial charge is 0.234 e. The molecule has 4 aromatic heterocycles. The summed E-state index contributed by atoms with van der Waals surface area (Å²) in [6.07, 6.45) is 5.68. The molecule has 126 valence electrons. The Kier molecular flexibility index (Phi) is 4.97. The van der Waals surface area contributed by atoms with Crippen LogP contribution in [0.25, 0.3) is 11.3 Å². The molecule has 4 aromatic rings. The number of aromatic nitrogens is 6. The molecule has 0 N–H and O–H groups in total. The second kappa shape index (κ2) is 6.78. The third-order valence-corrected chi connectivity index (χ3v) is 3.78. The summed E-state index contributed by atoms with van der Waals surface area (Å²) >= 11 is 0. The number of nitrogens with zero attached hydrogens (tertiary/aromatic N) is 6. The van der Waals surface area contributed by atoms with E-state index in [1.165, 1.54) is 5.56 Å². The lowest BCUT2D eigenvalue weighted by molar-refractivity contribution is 0.909. The first-order valence-electron chi connectivity index (χ1n) is 7.52. The summed E-state index contributed by atoms with van der Waals surface area (Å²) in [4.78, 5) is 8.73. The monoisotopic (exact) mass is 324 g/mol. The van der Waals surface area contributed by atoms with Gasteiger partial charge in [0.05, 0.1) is 11.9 Å². The quantitative estimate of drug-likeness (QED) is 0.495. The van der Waals surface area contributed by atoms with E-state index in [0.29, 0.717) is 0 Å². The maximum absolute atomic E-state index is 4.40. The molecule has 0 unspecified atom stereocenters. The van der Waals surface area contributed by atoms with Crippen LogP contribution in [-0.4, -0.2) is 29.2 Å². The van der Waals surface area contributed by atoms with E-state index in [2.05, 4.69) is 20.2 Å². The molecule has 0 saturated heterocycles. The summed E-state index contributed by atoms with van der Waals surface area (Å²) in [5.74, 6) is 0. The predicted octanol–water partition coefficient (Wildman–Crippen LogP) is 3.64. The molecule has 0 aromatic carbocycles. The minimum Gasteiger partial charge on any atom is -0.234 e. The molecule has 0 saturated carbocycles. The number of hydrogen-bond acceptors (Lipinski definition) is 4. The van der Waals surface area contributed by atoms with E-state index in [-0.39, 0.29) is 7.43 Å². The van der Waals surface area contributed by atoms with Gasteiger partial charge in [-0.3, -0.25) is 0 Å². The standard InChI is InChI=1S/C9H11N3.C8H9N3.CH4/c1-6-4-5-12-9(10-6)7(2)8(3)11-12;1-6-5-9-11-4-3-7(2)10-8(6)11;/h4-5H,1-3H3;3-5H,1-2H3;1H4. The van der Waals surface area contributed by atoms with Crippen molar-refractivity contribution in [2.45, 2.75) is 42.0 Å². The van der Waals surface area contributed by atoms with E-state index in [0.717, 1.165) is 33.9 Å². The van der Waals surface area contributed by atoms with Crippen LogP contribution in [0.1, 0.15) is 35.6 Å². The zero-order valence-electron chi connectivity index (χ0n) is 14.1. The van der Waals surface area contributed by atoms with Crippen molar-refractivity contribution in [1.82, 2.24) is 29.2 Å². The van der Waals surface area contributed by atoms with Crippen molar-refractivity contribution in [2.24, 2.45) is 0 Å². The third kappa shape index (κ3) is 3.27. The molecular formula is C18H24N6. The highest BCUT2D eigenvalue weighted by atomic mass is 15.2. The Morgan fingerprint density at radius 3 is 2.04 bits per heavy atom. The molecule has 6 nitrogen and oxygen atoms in total. The van der Waals surface area contributed by atoms with Crippen LogP contribution in [0, 0.1) is 34.6 Å². The summed E-state index contributed by atoms with van der Waals surface area (Å²) < 4.78 is 3.60. The highest BCUT2D eigenvalue weighted by Crippen LogP contribution is 2.11. The van der Waals surface area contributed by atoms with Gasteiger partial charge in [0.25, 0.3) is 0 Å². The molecule has 0 aliphatic heterocycles. The van der Waals surface area contributed by atoms with E-state index >= 15 is 0 Å². The van der Waals surface area contributed by atoms with Crippen molar-refractivity contribution in [3.63, 3.8) is 0 Å². The van der Waals surface area contributed by atoms with Crippen LogP contribution < -0.4 is 0 Å². The maximum atomic E-state index is 4.40. The summed E-state index contributed by atoms with van der Waals surface area (Å²) in [5.41, 5.74) is 7.31. The second-order valence-corrected chi connectivity index (χ2v) is 5.71. The minimum atomic E-state index is 0. The van der Waals surface area contributed by atoms with E-state index in [1.807, 2.05) is 69.9 Å². The van der Waals surface area contributed by atoms with Gasteiger partial charge in [-0.05, 0) is 46.8 Å². The van der Waals surface area contributed by atoms with Gasteiger partial charge in [0.2, 0.25) is 0 Å². The molecule has 0 aliphatic carbocycles. The van der Waals surface area contributed by atoms with Gasteiger partial charge in [-0.25, -0.2) is 19.0 Å². The first-order valence-corrected chi connectivity index (χ1v) is 7.52. The molecule has 4 rings (SSSR count). The lowest BCUT2D eigenvalue weighted by Crippen LogP contribution is -1.90. The molecule has 4 heterocycles. The van der Waals surface area contributed by atoms with Gasteiger partial charge in [0.1, 0.15) is 0 Å². The second-order valence-electron chi connectivity index (χ2n) is 5.71. The normalized spacial score (nSPS) is 10.4. The molecular weight excluding hydrogens is 300 g/mol. The average molecular weight is 324 g/mol. The van der Waals surface area contributed by atoms with Crippen molar-refractivity contribution in [3.05, 3.63) is 58.9 Å². The zero-order valence-corrected chi connectivity index (χ0v) is 14.1. The van der Waals surface area contributed by atoms with E-state index in [9.17, 15) is 0 Å². The van der Waals surface area contributed by atoms with Crippen LogP contribution >= 0.6 is 0 Å². The Bertz CT molecular complexity index is 980. The van der Waals surface area contributed by atoms with Crippen LogP contribution in [0.15, 0.2) is 30.7 Å². The lowest BCUT2D eigenvalue weighted by Gasteiger charge is -1.93. The summed E-state index contributed by atoms with van der Waals surface area (Å²) in [6.45, 7) is 10.0. The molecule has 0 fully saturated rings. The first kappa shape index (κ1) is 17.6. The smallest absolute Gasteiger partial charge is 0.158 e. The fourth-order valence-electron chi connectivity index (χ4n) is 2.31. The van der Waals surface area contributed by atoms with Crippen molar-refractivity contribution in [1.29, 1.82) is 0 Å². The van der Waals surface area contributed by atoms with Gasteiger partial charge in [-0.2, -0.15) is 10.2 Å². The van der Waals surface area contributed by atoms with Gasteiger partial charge < -0.3 is 0 Å². The van der Waals surface area contributed by atoms with Gasteiger partial charge in [0.15, 0.2) is 11.3 Å². The highest BCUT2D eigenvalue weighted by molar-refractivity contribution is 5.48. The fourth-order valence-corrected chi connectivity index (χ4v) is 2.31. The molecule has 0 amide bonds. The molecule has 6 heteroatoms. The minimum absolute atomic E-state index is 0. The number of rotatable bonds is 0. The molecule has 0 spiro atoms. The van der Waals surface area contributed by atoms with Crippen LogP contribution in [0.5, 0.6) is 0 Å². The number of hydrogen-bond donors (Lipinski definition) is 0. The summed E-state index contributed by atoms with van der Waals surface area (Å²) in [6, 6.07) is 3.90. The van der Waals surface area contributed by atoms with Crippen molar-refractivity contribution < 1.29 is 0 Å².